The number of aryl methyl sites for hydroxylation is 2. The summed E-state index contributed by atoms with van der Waals surface area (Å²) in [6.07, 6.45) is 1.76. The van der Waals surface area contributed by atoms with Crippen molar-refractivity contribution < 1.29 is 4.74 Å². The van der Waals surface area contributed by atoms with Crippen LogP contribution in [0.25, 0.3) is 0 Å². The number of thiocarbonyl (C=S) groups is 1. The molecule has 0 radical (unpaired) electrons. The van der Waals surface area contributed by atoms with E-state index in [1.807, 2.05) is 25.5 Å². The molecule has 0 aliphatic carbocycles. The lowest BCUT2D eigenvalue weighted by Crippen LogP contribution is -2.40. The predicted octanol–water partition coefficient (Wildman–Crippen LogP) is 2.69. The summed E-state index contributed by atoms with van der Waals surface area (Å²) in [7, 11) is 1.66. The number of hydrogen-bond acceptors (Lipinski definition) is 4. The predicted molar refractivity (Wildman–Crippen MR) is 110 cm³/mol. The number of rotatable bonds is 7. The van der Waals surface area contributed by atoms with E-state index in [1.165, 1.54) is 11.1 Å². The first-order valence-corrected chi connectivity index (χ1v) is 8.99. The number of hydrazone groups is 1. The van der Waals surface area contributed by atoms with Gasteiger partial charge in [-0.25, -0.2) is 0 Å². The van der Waals surface area contributed by atoms with E-state index in [1.54, 1.807) is 13.3 Å². The molecule has 7 heteroatoms. The molecule has 26 heavy (non-hydrogen) atoms. The normalized spacial score (nSPS) is 12.3. The van der Waals surface area contributed by atoms with Crippen molar-refractivity contribution in [2.75, 3.05) is 13.7 Å². The minimum absolute atomic E-state index is 0.121. The second-order valence-corrected chi connectivity index (χ2v) is 6.84. The highest BCUT2D eigenvalue weighted by Gasteiger charge is 2.10. The Kier molecular flexibility index (Phi) is 7.29. The largest absolute Gasteiger partial charge is 0.383 e. The van der Waals surface area contributed by atoms with Crippen LogP contribution in [0.4, 0.5) is 0 Å². The summed E-state index contributed by atoms with van der Waals surface area (Å²) in [5.41, 5.74) is 8.32. The number of aromatic nitrogens is 2. The van der Waals surface area contributed by atoms with Gasteiger partial charge in [-0.1, -0.05) is 29.8 Å². The molecule has 0 amide bonds. The molecule has 0 unspecified atom stereocenters. The zero-order valence-corrected chi connectivity index (χ0v) is 16.9. The molecule has 0 aliphatic rings. The molecular weight excluding hydrogens is 346 g/mol. The molecule has 1 heterocycles. The molecule has 1 atom stereocenters. The molecule has 6 nitrogen and oxygen atoms in total. The smallest absolute Gasteiger partial charge is 0.187 e. The fraction of sp³-hybridized carbons (Fsp3) is 0.421. The van der Waals surface area contributed by atoms with Crippen molar-refractivity contribution in [2.45, 2.75) is 40.3 Å². The van der Waals surface area contributed by atoms with E-state index >= 15 is 0 Å². The molecule has 140 valence electrons. The van der Waals surface area contributed by atoms with Crippen LogP contribution in [0.3, 0.4) is 0 Å². The Morgan fingerprint density at radius 3 is 2.65 bits per heavy atom. The van der Waals surface area contributed by atoms with E-state index in [4.69, 9.17) is 17.0 Å². The molecule has 1 aromatic carbocycles. The average Bonchev–Trinajstić information content (AvgIpc) is 2.84. The fourth-order valence-electron chi connectivity index (χ4n) is 2.62. The molecule has 0 bridgehead atoms. The van der Waals surface area contributed by atoms with Gasteiger partial charge in [-0.15, -0.1) is 0 Å². The van der Waals surface area contributed by atoms with Crippen LogP contribution >= 0.6 is 12.2 Å². The number of methoxy groups -OCH3 is 1. The van der Waals surface area contributed by atoms with Crippen LogP contribution in [0.15, 0.2) is 29.4 Å². The van der Waals surface area contributed by atoms with E-state index in [9.17, 15) is 0 Å². The first-order chi connectivity index (χ1) is 12.4. The molecule has 2 aromatic rings. The standard InChI is InChI=1S/C19H27N5OS/c1-13-6-8-17(9-7-13)11-24-16(4)18(15(3)23-24)10-20-22-19(26)21-14(2)12-25-5/h6-10,14H,11-12H2,1-5H3,(H2,21,22,26)/b20-10-/t14-/m1/s1. The highest BCUT2D eigenvalue weighted by molar-refractivity contribution is 7.80. The van der Waals surface area contributed by atoms with Gasteiger partial charge in [0.15, 0.2) is 5.11 Å². The van der Waals surface area contributed by atoms with Gasteiger partial charge in [-0.05, 0) is 45.5 Å². The van der Waals surface area contributed by atoms with Gasteiger partial charge in [0.25, 0.3) is 0 Å². The van der Waals surface area contributed by atoms with Crippen LogP contribution in [0.5, 0.6) is 0 Å². The lowest BCUT2D eigenvalue weighted by molar-refractivity contribution is 0.179. The maximum atomic E-state index is 5.22. The third-order valence-electron chi connectivity index (χ3n) is 4.04. The van der Waals surface area contributed by atoms with E-state index < -0.39 is 0 Å². The minimum Gasteiger partial charge on any atom is -0.383 e. The highest BCUT2D eigenvalue weighted by atomic mass is 32.1. The Labute approximate surface area is 160 Å². The van der Waals surface area contributed by atoms with Crippen molar-refractivity contribution in [1.82, 2.24) is 20.5 Å². The van der Waals surface area contributed by atoms with E-state index in [-0.39, 0.29) is 6.04 Å². The molecule has 0 saturated carbocycles. The van der Waals surface area contributed by atoms with Gasteiger partial charge in [-0.2, -0.15) is 10.2 Å². The summed E-state index contributed by atoms with van der Waals surface area (Å²) in [5.74, 6) is 0. The monoisotopic (exact) mass is 373 g/mol. The van der Waals surface area contributed by atoms with Crippen LogP contribution in [0, 0.1) is 20.8 Å². The first kappa shape index (κ1) is 20.1. The number of benzene rings is 1. The minimum atomic E-state index is 0.121. The summed E-state index contributed by atoms with van der Waals surface area (Å²) in [5, 5.41) is 12.4. The Balaban J connectivity index is 2.00. The van der Waals surface area contributed by atoms with Crippen LogP contribution < -0.4 is 10.7 Å². The summed E-state index contributed by atoms with van der Waals surface area (Å²) in [6.45, 7) is 9.43. The third-order valence-corrected chi connectivity index (χ3v) is 4.25. The second kappa shape index (κ2) is 9.45. The van der Waals surface area contributed by atoms with Crippen LogP contribution in [-0.2, 0) is 11.3 Å². The second-order valence-electron chi connectivity index (χ2n) is 6.43. The fourth-order valence-corrected chi connectivity index (χ4v) is 2.88. The number of nitrogens with zero attached hydrogens (tertiary/aromatic N) is 3. The number of nitrogens with one attached hydrogen (secondary N) is 2. The van der Waals surface area contributed by atoms with Crippen molar-refractivity contribution in [3.63, 3.8) is 0 Å². The lowest BCUT2D eigenvalue weighted by Gasteiger charge is -2.13. The molecule has 0 aliphatic heterocycles. The maximum Gasteiger partial charge on any atom is 0.187 e. The number of ether oxygens (including phenoxy) is 1. The van der Waals surface area contributed by atoms with Crippen molar-refractivity contribution in [3.05, 3.63) is 52.3 Å². The highest BCUT2D eigenvalue weighted by Crippen LogP contribution is 2.13. The Bertz CT molecular complexity index is 767. The Hall–Kier alpha value is -2.25. The van der Waals surface area contributed by atoms with Gasteiger partial charge >= 0.3 is 0 Å². The zero-order valence-electron chi connectivity index (χ0n) is 16.0. The molecule has 0 spiro atoms. The van der Waals surface area contributed by atoms with Crippen molar-refractivity contribution in [2.24, 2.45) is 5.10 Å². The molecule has 0 saturated heterocycles. The molecule has 0 fully saturated rings. The SMILES string of the molecule is COC[C@@H](C)NC(=S)N/N=C\c1c(C)nn(Cc2ccc(C)cc2)c1C. The van der Waals surface area contributed by atoms with Gasteiger partial charge in [-0.3, -0.25) is 10.1 Å². The summed E-state index contributed by atoms with van der Waals surface area (Å²) >= 11 is 5.22. The Morgan fingerprint density at radius 1 is 1.31 bits per heavy atom. The molecule has 2 rings (SSSR count). The quantitative estimate of drug-likeness (QED) is 0.444. The van der Waals surface area contributed by atoms with Gasteiger partial charge < -0.3 is 10.1 Å². The molecular formula is C19H27N5OS. The van der Waals surface area contributed by atoms with E-state index in [0.717, 1.165) is 23.5 Å². The molecule has 1 aromatic heterocycles. The summed E-state index contributed by atoms with van der Waals surface area (Å²) in [4.78, 5) is 0. The third kappa shape index (κ3) is 5.64. The summed E-state index contributed by atoms with van der Waals surface area (Å²) in [6, 6.07) is 8.62. The van der Waals surface area contributed by atoms with Gasteiger partial charge in [0, 0.05) is 24.4 Å². The summed E-state index contributed by atoms with van der Waals surface area (Å²) < 4.78 is 7.07. The van der Waals surface area contributed by atoms with E-state index in [0.29, 0.717) is 11.7 Å². The van der Waals surface area contributed by atoms with Crippen molar-refractivity contribution >= 4 is 23.5 Å². The van der Waals surface area contributed by atoms with Gasteiger partial charge in [0.05, 0.1) is 25.1 Å². The van der Waals surface area contributed by atoms with Crippen molar-refractivity contribution in [3.8, 4) is 0 Å². The maximum absolute atomic E-state index is 5.22. The number of hydrogen-bond donors (Lipinski definition) is 2. The van der Waals surface area contributed by atoms with Crippen LogP contribution in [0.2, 0.25) is 0 Å². The lowest BCUT2D eigenvalue weighted by atomic mass is 10.1. The van der Waals surface area contributed by atoms with E-state index in [2.05, 4.69) is 52.1 Å². The average molecular weight is 374 g/mol. The molecule has 2 N–H and O–H groups in total. The Morgan fingerprint density at radius 2 is 2.00 bits per heavy atom. The van der Waals surface area contributed by atoms with Crippen LogP contribution in [-0.4, -0.2) is 40.9 Å². The van der Waals surface area contributed by atoms with Gasteiger partial charge in [0.2, 0.25) is 0 Å². The topological polar surface area (TPSA) is 63.5 Å². The first-order valence-electron chi connectivity index (χ1n) is 8.58. The van der Waals surface area contributed by atoms with Crippen molar-refractivity contribution in [1.29, 1.82) is 0 Å². The van der Waals surface area contributed by atoms with Gasteiger partial charge in [0.1, 0.15) is 0 Å². The van der Waals surface area contributed by atoms with Crippen LogP contribution in [0.1, 0.15) is 35.0 Å². The zero-order chi connectivity index (χ0) is 19.1.